The number of carbonyl (C=O) groups is 1. The van der Waals surface area contributed by atoms with Crippen molar-refractivity contribution in [1.29, 1.82) is 0 Å². The summed E-state index contributed by atoms with van der Waals surface area (Å²) >= 11 is 6.58. The predicted octanol–water partition coefficient (Wildman–Crippen LogP) is 6.37. The number of pyridine rings is 2. The first-order valence-electron chi connectivity index (χ1n) is 13.6. The van der Waals surface area contributed by atoms with E-state index in [-0.39, 0.29) is 35.0 Å². The number of amides is 2. The lowest BCUT2D eigenvalue weighted by atomic mass is 9.99. The van der Waals surface area contributed by atoms with E-state index in [1.54, 1.807) is 17.0 Å². The molecule has 1 N–H and O–H groups in total. The third-order valence-corrected chi connectivity index (χ3v) is 7.70. The van der Waals surface area contributed by atoms with Gasteiger partial charge in [0.25, 0.3) is 0 Å². The van der Waals surface area contributed by atoms with Crippen LogP contribution in [0.1, 0.15) is 32.3 Å². The molecule has 42 heavy (non-hydrogen) atoms. The molecule has 5 heterocycles. The minimum atomic E-state index is -4.52. The van der Waals surface area contributed by atoms with Crippen molar-refractivity contribution in [2.45, 2.75) is 50.8 Å². The molecule has 9 nitrogen and oxygen atoms in total. The largest absolute Gasteiger partial charge is 0.489 e. The molecule has 3 aromatic rings. The summed E-state index contributed by atoms with van der Waals surface area (Å²) in [6, 6.07) is 7.53. The van der Waals surface area contributed by atoms with Gasteiger partial charge in [-0.3, -0.25) is 9.88 Å². The zero-order chi connectivity index (χ0) is 29.6. The summed E-state index contributed by atoms with van der Waals surface area (Å²) < 4.78 is 57.5. The Bertz CT molecular complexity index is 1500. The Morgan fingerprint density at radius 2 is 2.07 bits per heavy atom. The van der Waals surface area contributed by atoms with Gasteiger partial charge in [-0.05, 0) is 44.9 Å². The van der Waals surface area contributed by atoms with Gasteiger partial charge in [0.2, 0.25) is 0 Å². The molecular weight excluding hydrogens is 575 g/mol. The summed E-state index contributed by atoms with van der Waals surface area (Å²) in [5, 5.41) is 3.09. The highest BCUT2D eigenvalue weighted by Crippen LogP contribution is 2.43. The van der Waals surface area contributed by atoms with Crippen LogP contribution in [0.15, 0.2) is 48.8 Å². The van der Waals surface area contributed by atoms with E-state index >= 15 is 0 Å². The first kappa shape index (κ1) is 28.5. The smallest absolute Gasteiger partial charge is 0.416 e. The quantitative estimate of drug-likeness (QED) is 0.363. The molecule has 2 aromatic heterocycles. The molecule has 2 amide bonds. The van der Waals surface area contributed by atoms with E-state index in [1.807, 2.05) is 13.8 Å². The van der Waals surface area contributed by atoms with Gasteiger partial charge < -0.3 is 24.4 Å². The van der Waals surface area contributed by atoms with E-state index in [0.29, 0.717) is 36.1 Å². The second kappa shape index (κ2) is 10.9. The van der Waals surface area contributed by atoms with Crippen molar-refractivity contribution in [1.82, 2.24) is 9.97 Å². The van der Waals surface area contributed by atoms with Gasteiger partial charge in [0.05, 0.1) is 52.7 Å². The Hall–Kier alpha value is -3.61. The summed E-state index contributed by atoms with van der Waals surface area (Å²) in [5.41, 5.74) is 0.625. The number of urea groups is 1. The number of hydrogen-bond donors (Lipinski definition) is 1. The molecule has 6 rings (SSSR count). The molecule has 3 aliphatic heterocycles. The molecule has 0 aliphatic carbocycles. The second-order valence-electron chi connectivity index (χ2n) is 11.0. The van der Waals surface area contributed by atoms with E-state index < -0.39 is 23.6 Å². The standard InChI is InChI=1S/C29H29ClF3N5O4/c1-28(2)41-16-22(42-28)15-40-21-10-19(12-34-13-21)35-27(39)38-20-7-4-8-37(14-20)24-11-23(30)25(36-26(24)38)17-5-3-6-18(9-17)29(31,32)33/h3,5-6,9-13,20,22H,4,7-8,14-16H2,1-2H3,(H,35,39)/t20-,22?/m0/s1. The average Bonchev–Trinajstić information content (AvgIpc) is 3.30. The highest BCUT2D eigenvalue weighted by atomic mass is 35.5. The van der Waals surface area contributed by atoms with E-state index in [9.17, 15) is 18.0 Å². The van der Waals surface area contributed by atoms with Crippen LogP contribution in [0.2, 0.25) is 5.02 Å². The summed E-state index contributed by atoms with van der Waals surface area (Å²) in [6.45, 7) is 5.67. The zero-order valence-electron chi connectivity index (χ0n) is 22.9. The third-order valence-electron chi connectivity index (χ3n) is 7.42. The van der Waals surface area contributed by atoms with Crippen LogP contribution in [0.25, 0.3) is 11.3 Å². The number of carbonyl (C=O) groups excluding carboxylic acids is 1. The number of nitrogens with one attached hydrogen (secondary N) is 1. The number of nitrogens with zero attached hydrogens (tertiary/aromatic N) is 4. The lowest BCUT2D eigenvalue weighted by molar-refractivity contribution is -0.141. The molecule has 0 spiro atoms. The molecule has 0 radical (unpaired) electrons. The van der Waals surface area contributed by atoms with E-state index in [1.165, 1.54) is 24.5 Å². The first-order chi connectivity index (χ1) is 20.0. The van der Waals surface area contributed by atoms with Crippen molar-refractivity contribution in [2.75, 3.05) is 41.4 Å². The zero-order valence-corrected chi connectivity index (χ0v) is 23.7. The predicted molar refractivity (Wildman–Crippen MR) is 151 cm³/mol. The maximum absolute atomic E-state index is 13.8. The van der Waals surface area contributed by atoms with Crippen molar-refractivity contribution in [2.24, 2.45) is 0 Å². The van der Waals surface area contributed by atoms with Gasteiger partial charge in [-0.15, -0.1) is 0 Å². The Morgan fingerprint density at radius 1 is 1.24 bits per heavy atom. The summed E-state index contributed by atoms with van der Waals surface area (Å²) in [6.07, 6.45) is -0.113. The number of halogens is 4. The van der Waals surface area contributed by atoms with Crippen molar-refractivity contribution < 1.29 is 32.2 Å². The van der Waals surface area contributed by atoms with E-state index in [2.05, 4.69) is 15.2 Å². The van der Waals surface area contributed by atoms with Gasteiger partial charge >= 0.3 is 12.2 Å². The highest BCUT2D eigenvalue weighted by molar-refractivity contribution is 6.33. The van der Waals surface area contributed by atoms with Gasteiger partial charge in [0, 0.05) is 24.7 Å². The monoisotopic (exact) mass is 603 g/mol. The lowest BCUT2D eigenvalue weighted by Crippen LogP contribution is -2.56. The molecule has 2 fully saturated rings. The van der Waals surface area contributed by atoms with Crippen LogP contribution >= 0.6 is 11.6 Å². The number of anilines is 3. The highest BCUT2D eigenvalue weighted by Gasteiger charge is 2.39. The number of alkyl halides is 3. The number of hydrogen-bond acceptors (Lipinski definition) is 7. The lowest BCUT2D eigenvalue weighted by Gasteiger charge is -2.46. The summed E-state index contributed by atoms with van der Waals surface area (Å²) in [4.78, 5) is 26.3. The topological polar surface area (TPSA) is 89.1 Å². The molecule has 2 bridgehead atoms. The Labute approximate surface area is 245 Å². The second-order valence-corrected chi connectivity index (χ2v) is 11.4. The molecular formula is C29H29ClF3N5O4. The van der Waals surface area contributed by atoms with Crippen LogP contribution in [0.3, 0.4) is 0 Å². The van der Waals surface area contributed by atoms with Gasteiger partial charge in [0.1, 0.15) is 18.5 Å². The number of piperidine rings is 1. The van der Waals surface area contributed by atoms with Crippen molar-refractivity contribution >= 4 is 34.8 Å². The van der Waals surface area contributed by atoms with E-state index in [0.717, 1.165) is 31.5 Å². The van der Waals surface area contributed by atoms with Crippen LogP contribution in [0, 0.1) is 0 Å². The molecule has 2 saturated heterocycles. The van der Waals surface area contributed by atoms with Crippen molar-refractivity contribution in [3.63, 3.8) is 0 Å². The summed E-state index contributed by atoms with van der Waals surface area (Å²) in [7, 11) is 0. The average molecular weight is 604 g/mol. The number of benzene rings is 1. The fourth-order valence-corrected chi connectivity index (χ4v) is 5.78. The fraction of sp³-hybridized carbons (Fsp3) is 0.414. The molecule has 13 heteroatoms. The maximum Gasteiger partial charge on any atom is 0.416 e. The van der Waals surface area contributed by atoms with Crippen LogP contribution in [-0.4, -0.2) is 60.2 Å². The Balaban J connectivity index is 1.27. The van der Waals surface area contributed by atoms with Crippen LogP contribution in [0.4, 0.5) is 35.2 Å². The Kier molecular flexibility index (Phi) is 7.40. The molecule has 222 valence electrons. The van der Waals surface area contributed by atoms with Crippen LogP contribution < -0.4 is 19.9 Å². The third kappa shape index (κ3) is 5.83. The SMILES string of the molecule is CC1(C)OCC(COc2cncc(NC(=O)N3c4nc(-c5cccc(C(F)(F)F)c5)c(Cl)cc4N4CCC[C@H]3C4)c2)O1. The number of fused-ring (bicyclic) bond motifs is 4. The number of aromatic nitrogens is 2. The minimum absolute atomic E-state index is 0.166. The van der Waals surface area contributed by atoms with Gasteiger partial charge in [-0.2, -0.15) is 13.2 Å². The van der Waals surface area contributed by atoms with E-state index in [4.69, 9.17) is 30.8 Å². The van der Waals surface area contributed by atoms with Gasteiger partial charge in [0.15, 0.2) is 11.6 Å². The number of ether oxygens (including phenoxy) is 3. The first-order valence-corrected chi connectivity index (χ1v) is 14.0. The van der Waals surface area contributed by atoms with Gasteiger partial charge in [-0.1, -0.05) is 23.7 Å². The molecule has 1 unspecified atom stereocenters. The van der Waals surface area contributed by atoms with Crippen LogP contribution in [-0.2, 0) is 15.7 Å². The fourth-order valence-electron chi connectivity index (χ4n) is 5.53. The molecule has 0 saturated carbocycles. The normalized spacial score (nSPS) is 21.2. The molecule has 2 atom stereocenters. The van der Waals surface area contributed by atoms with Crippen LogP contribution in [0.5, 0.6) is 5.75 Å². The maximum atomic E-state index is 13.8. The van der Waals surface area contributed by atoms with Gasteiger partial charge in [-0.25, -0.2) is 9.78 Å². The molecule has 1 aromatic carbocycles. The Morgan fingerprint density at radius 3 is 2.83 bits per heavy atom. The summed E-state index contributed by atoms with van der Waals surface area (Å²) in [5.74, 6) is 0.114. The van der Waals surface area contributed by atoms with Crippen molar-refractivity contribution in [3.05, 3.63) is 59.4 Å². The minimum Gasteiger partial charge on any atom is -0.489 e. The molecule has 3 aliphatic rings. The van der Waals surface area contributed by atoms with Crippen molar-refractivity contribution in [3.8, 4) is 17.0 Å². The number of rotatable bonds is 5.